The highest BCUT2D eigenvalue weighted by Crippen LogP contribution is 2.39. The van der Waals surface area contributed by atoms with Crippen LogP contribution in [0.5, 0.6) is 0 Å². The van der Waals surface area contributed by atoms with E-state index in [1.54, 1.807) is 0 Å². The Balaban J connectivity index is 1.88. The third-order valence-electron chi connectivity index (χ3n) is 3.86. The molecule has 2 aliphatic rings. The van der Waals surface area contributed by atoms with Crippen LogP contribution in [0.25, 0.3) is 0 Å². The normalized spacial score (nSPS) is 20.2. The Morgan fingerprint density at radius 3 is 2.91 bits per heavy atom. The average Bonchev–Trinajstić information content (AvgIpc) is 2.85. The second-order valence-electron chi connectivity index (χ2n) is 5.58. The summed E-state index contributed by atoms with van der Waals surface area (Å²) in [6.07, 6.45) is 4.06. The molecule has 1 atom stereocenters. The molecule has 3 N–H and O–H groups in total. The summed E-state index contributed by atoms with van der Waals surface area (Å²) in [6.45, 7) is 2.94. The largest absolute Gasteiger partial charge is 0.494 e. The molecule has 1 aromatic heterocycles. The van der Waals surface area contributed by atoms with Crippen LogP contribution in [-0.4, -0.2) is 25.0 Å². The summed E-state index contributed by atoms with van der Waals surface area (Å²) < 4.78 is 10.3. The van der Waals surface area contributed by atoms with Gasteiger partial charge >= 0.3 is 0 Å². The molecule has 0 aromatic carbocycles. The van der Waals surface area contributed by atoms with Gasteiger partial charge < -0.3 is 20.5 Å². The van der Waals surface area contributed by atoms with Crippen LogP contribution in [0, 0.1) is 5.92 Å². The van der Waals surface area contributed by atoms with E-state index in [0.29, 0.717) is 29.7 Å². The maximum Gasteiger partial charge on any atom is 0.294 e. The van der Waals surface area contributed by atoms with Crippen molar-refractivity contribution in [1.29, 1.82) is 0 Å². The summed E-state index contributed by atoms with van der Waals surface area (Å²) in [5.74, 6) is -0.236. The third-order valence-corrected chi connectivity index (χ3v) is 5.03. The van der Waals surface area contributed by atoms with Crippen LogP contribution in [0.3, 0.4) is 0 Å². The predicted octanol–water partition coefficient (Wildman–Crippen LogP) is 1.80. The van der Waals surface area contributed by atoms with Crippen LogP contribution in [0.2, 0.25) is 0 Å². The summed E-state index contributed by atoms with van der Waals surface area (Å²) in [4.78, 5) is 25.1. The van der Waals surface area contributed by atoms with Gasteiger partial charge in [0.05, 0.1) is 5.56 Å². The van der Waals surface area contributed by atoms with E-state index in [1.165, 1.54) is 17.6 Å². The van der Waals surface area contributed by atoms with Gasteiger partial charge in [-0.2, -0.15) is 0 Å². The predicted molar refractivity (Wildman–Crippen MR) is 82.6 cm³/mol. The van der Waals surface area contributed by atoms with Gasteiger partial charge in [-0.25, -0.2) is 0 Å². The number of fused-ring (bicyclic) bond motifs is 1. The first-order chi connectivity index (χ1) is 10.6. The summed E-state index contributed by atoms with van der Waals surface area (Å²) in [7, 11) is 0. The smallest absolute Gasteiger partial charge is 0.294 e. The summed E-state index contributed by atoms with van der Waals surface area (Å²) in [6, 6.07) is 0. The molecule has 2 heterocycles. The van der Waals surface area contributed by atoms with E-state index >= 15 is 0 Å². The molecule has 3 rings (SSSR count). The zero-order valence-electron chi connectivity index (χ0n) is 12.3. The van der Waals surface area contributed by atoms with E-state index in [4.69, 9.17) is 15.2 Å². The van der Waals surface area contributed by atoms with Crippen LogP contribution >= 0.6 is 11.3 Å². The number of amides is 2. The average molecular weight is 322 g/mol. The minimum Gasteiger partial charge on any atom is -0.494 e. The fourth-order valence-electron chi connectivity index (χ4n) is 2.75. The van der Waals surface area contributed by atoms with Gasteiger partial charge in [-0.1, -0.05) is 6.92 Å². The lowest BCUT2D eigenvalue weighted by molar-refractivity contribution is -0.117. The van der Waals surface area contributed by atoms with E-state index in [-0.39, 0.29) is 5.76 Å². The maximum absolute atomic E-state index is 12.2. The van der Waals surface area contributed by atoms with Crippen LogP contribution in [-0.2, 0) is 27.1 Å². The van der Waals surface area contributed by atoms with Crippen molar-refractivity contribution >= 4 is 28.2 Å². The van der Waals surface area contributed by atoms with Gasteiger partial charge in [-0.3, -0.25) is 9.59 Å². The molecule has 0 unspecified atom stereocenters. The number of primary amides is 1. The maximum atomic E-state index is 12.2. The number of anilines is 1. The lowest BCUT2D eigenvalue weighted by atomic mass is 9.88. The highest BCUT2D eigenvalue weighted by Gasteiger charge is 2.28. The van der Waals surface area contributed by atoms with Gasteiger partial charge in [-0.15, -0.1) is 11.3 Å². The number of hydrogen-bond acceptors (Lipinski definition) is 5. The Bertz CT molecular complexity index is 650. The Morgan fingerprint density at radius 1 is 1.41 bits per heavy atom. The second-order valence-corrected chi connectivity index (χ2v) is 6.68. The fraction of sp³-hybridized carbons (Fsp3) is 0.467. The van der Waals surface area contributed by atoms with Crippen LogP contribution in [0.15, 0.2) is 12.0 Å². The Kier molecular flexibility index (Phi) is 4.06. The highest BCUT2D eigenvalue weighted by atomic mass is 32.1. The lowest BCUT2D eigenvalue weighted by Gasteiger charge is -2.18. The molecule has 0 saturated carbocycles. The Labute approximate surface area is 132 Å². The first-order valence-electron chi connectivity index (χ1n) is 7.26. The molecule has 6 nitrogen and oxygen atoms in total. The van der Waals surface area contributed by atoms with E-state index in [9.17, 15) is 9.59 Å². The molecule has 0 fully saturated rings. The molecule has 0 saturated heterocycles. The molecular formula is C15H18N2O4S. The molecule has 0 radical (unpaired) electrons. The number of thiophene rings is 1. The zero-order chi connectivity index (χ0) is 15.7. The van der Waals surface area contributed by atoms with Crippen LogP contribution in [0.4, 0.5) is 5.00 Å². The number of hydrogen-bond donors (Lipinski definition) is 2. The molecule has 7 heteroatoms. The zero-order valence-corrected chi connectivity index (χ0v) is 13.1. The summed E-state index contributed by atoms with van der Waals surface area (Å²) in [5, 5.41) is 3.25. The van der Waals surface area contributed by atoms with Gasteiger partial charge in [0.15, 0.2) is 0 Å². The molecule has 118 valence electrons. The van der Waals surface area contributed by atoms with Crippen molar-refractivity contribution in [3.63, 3.8) is 0 Å². The lowest BCUT2D eigenvalue weighted by Crippen LogP contribution is -2.23. The molecular weight excluding hydrogens is 304 g/mol. The van der Waals surface area contributed by atoms with Gasteiger partial charge in [0.1, 0.15) is 24.5 Å². The van der Waals surface area contributed by atoms with Crippen molar-refractivity contribution in [3.05, 3.63) is 28.0 Å². The van der Waals surface area contributed by atoms with Gasteiger partial charge in [0.2, 0.25) is 5.76 Å². The van der Waals surface area contributed by atoms with Crippen LogP contribution < -0.4 is 11.1 Å². The Morgan fingerprint density at radius 2 is 2.23 bits per heavy atom. The molecule has 1 aromatic rings. The van der Waals surface area contributed by atoms with Crippen molar-refractivity contribution < 1.29 is 19.1 Å². The number of carbonyl (C=O) groups excluding carboxylic acids is 2. The monoisotopic (exact) mass is 322 g/mol. The molecule has 22 heavy (non-hydrogen) atoms. The molecule has 1 aliphatic heterocycles. The van der Waals surface area contributed by atoms with Crippen molar-refractivity contribution in [2.45, 2.75) is 26.2 Å². The molecule has 0 bridgehead atoms. The highest BCUT2D eigenvalue weighted by molar-refractivity contribution is 7.17. The summed E-state index contributed by atoms with van der Waals surface area (Å²) in [5.41, 5.74) is 6.95. The number of rotatable bonds is 3. The number of nitrogens with one attached hydrogen (secondary N) is 1. The molecule has 0 spiro atoms. The Hall–Kier alpha value is -2.02. The minimum atomic E-state index is -0.503. The summed E-state index contributed by atoms with van der Waals surface area (Å²) >= 11 is 1.43. The van der Waals surface area contributed by atoms with E-state index in [0.717, 1.165) is 29.7 Å². The van der Waals surface area contributed by atoms with Crippen molar-refractivity contribution in [1.82, 2.24) is 0 Å². The van der Waals surface area contributed by atoms with Gasteiger partial charge in [-0.05, 0) is 30.7 Å². The van der Waals surface area contributed by atoms with Gasteiger partial charge in [0.25, 0.3) is 11.8 Å². The molecule has 1 aliphatic carbocycles. The quantitative estimate of drug-likeness (QED) is 0.888. The van der Waals surface area contributed by atoms with Crippen molar-refractivity contribution in [2.24, 2.45) is 11.7 Å². The van der Waals surface area contributed by atoms with E-state index < -0.39 is 11.8 Å². The SMILES string of the molecule is C[C@@H]1CCc2c(sc(NC(=O)C3=COCCO3)c2C(N)=O)C1. The third kappa shape index (κ3) is 2.81. The van der Waals surface area contributed by atoms with Crippen molar-refractivity contribution in [3.8, 4) is 0 Å². The number of ether oxygens (including phenoxy) is 2. The van der Waals surface area contributed by atoms with Crippen LogP contribution in [0.1, 0.15) is 34.1 Å². The first kappa shape index (κ1) is 14.9. The van der Waals surface area contributed by atoms with E-state index in [1.807, 2.05) is 0 Å². The van der Waals surface area contributed by atoms with Gasteiger partial charge in [0, 0.05) is 4.88 Å². The van der Waals surface area contributed by atoms with Crippen molar-refractivity contribution in [2.75, 3.05) is 18.5 Å². The topological polar surface area (TPSA) is 90.7 Å². The molecule has 2 amide bonds. The standard InChI is InChI=1S/C15H18N2O4S/c1-8-2-3-9-11(6-8)22-15(12(9)13(16)18)17-14(19)10-7-20-4-5-21-10/h7-8H,2-6H2,1H3,(H2,16,18)(H,17,19)/t8-/m1/s1. The fourth-order valence-corrected chi connectivity index (χ4v) is 4.16. The van der Waals surface area contributed by atoms with E-state index in [2.05, 4.69) is 12.2 Å². The second kappa shape index (κ2) is 6.00. The first-order valence-corrected chi connectivity index (χ1v) is 8.08. The number of carbonyl (C=O) groups is 2. The minimum absolute atomic E-state index is 0.112. The number of nitrogens with two attached hydrogens (primary N) is 1.